The predicted octanol–water partition coefficient (Wildman–Crippen LogP) is 3.23. The molecular formula is C15H25ClN4O2S. The highest BCUT2D eigenvalue weighted by Crippen LogP contribution is 2.26. The maximum absolute atomic E-state index is 12.2. The van der Waals surface area contributed by atoms with E-state index in [2.05, 4.69) is 20.2 Å². The van der Waals surface area contributed by atoms with Crippen molar-refractivity contribution in [1.29, 1.82) is 0 Å². The zero-order valence-electron chi connectivity index (χ0n) is 14.7. The molecule has 0 aliphatic heterocycles. The summed E-state index contributed by atoms with van der Waals surface area (Å²) in [6, 6.07) is 1.35. The van der Waals surface area contributed by atoms with E-state index in [4.69, 9.17) is 11.6 Å². The van der Waals surface area contributed by atoms with Gasteiger partial charge >= 0.3 is 0 Å². The van der Waals surface area contributed by atoms with Crippen molar-refractivity contribution in [3.8, 4) is 0 Å². The van der Waals surface area contributed by atoms with Crippen LogP contribution in [0.15, 0.2) is 6.07 Å². The molecular weight excluding hydrogens is 336 g/mol. The molecule has 130 valence electrons. The molecule has 0 radical (unpaired) electrons. The highest BCUT2D eigenvalue weighted by molar-refractivity contribution is 7.90. The molecule has 1 rings (SSSR count). The van der Waals surface area contributed by atoms with E-state index >= 15 is 0 Å². The Hall–Kier alpha value is -0.890. The summed E-state index contributed by atoms with van der Waals surface area (Å²) in [5.74, 6) is 0.151. The molecule has 2 unspecified atom stereocenters. The van der Waals surface area contributed by atoms with E-state index in [0.29, 0.717) is 11.4 Å². The average Bonchev–Trinajstić information content (AvgIpc) is 2.38. The summed E-state index contributed by atoms with van der Waals surface area (Å²) in [5, 5.41) is 10.7. The Morgan fingerprint density at radius 1 is 1.26 bits per heavy atom. The largest absolute Gasteiger partial charge is 0.598 e. The molecule has 1 amide bonds. The monoisotopic (exact) mass is 360 g/mol. The predicted molar refractivity (Wildman–Crippen MR) is 94.6 cm³/mol. The van der Waals surface area contributed by atoms with Crippen LogP contribution in [0.3, 0.4) is 0 Å². The van der Waals surface area contributed by atoms with Crippen molar-refractivity contribution in [3.05, 3.63) is 16.8 Å². The SMILES string of the molecule is CC(N[S+]([O-])C(C)(C)C)c1cc(NC(=O)C(C)(C)C)nnc1Cl. The van der Waals surface area contributed by atoms with Gasteiger partial charge in [-0.05, 0) is 33.8 Å². The highest BCUT2D eigenvalue weighted by atomic mass is 35.5. The Balaban J connectivity index is 2.95. The summed E-state index contributed by atoms with van der Waals surface area (Å²) in [6.45, 7) is 12.9. The third kappa shape index (κ3) is 5.91. The number of hydrogen-bond acceptors (Lipinski definition) is 5. The van der Waals surface area contributed by atoms with E-state index in [1.165, 1.54) is 0 Å². The number of hydrogen-bond donors (Lipinski definition) is 2. The van der Waals surface area contributed by atoms with Crippen LogP contribution in [0.5, 0.6) is 0 Å². The van der Waals surface area contributed by atoms with Gasteiger partial charge in [-0.1, -0.05) is 32.4 Å². The topological polar surface area (TPSA) is 90.0 Å². The van der Waals surface area contributed by atoms with Gasteiger partial charge < -0.3 is 9.87 Å². The van der Waals surface area contributed by atoms with Gasteiger partial charge in [0.2, 0.25) is 5.91 Å². The quantitative estimate of drug-likeness (QED) is 0.804. The van der Waals surface area contributed by atoms with Gasteiger partial charge in [-0.15, -0.1) is 14.9 Å². The van der Waals surface area contributed by atoms with E-state index in [1.54, 1.807) is 6.07 Å². The van der Waals surface area contributed by atoms with Crippen LogP contribution in [0.4, 0.5) is 5.82 Å². The molecule has 0 saturated heterocycles. The van der Waals surface area contributed by atoms with Gasteiger partial charge in [-0.25, -0.2) is 0 Å². The standard InChI is InChI=1S/C15H25ClN4O2S/c1-9(20-23(22)15(5,6)7)10-8-11(18-19-12(10)16)17-13(21)14(2,3)4/h8-9,20H,1-7H3,(H,17,18,21). The number of nitrogens with zero attached hydrogens (tertiary/aromatic N) is 2. The smallest absolute Gasteiger partial charge is 0.230 e. The lowest BCUT2D eigenvalue weighted by molar-refractivity contribution is -0.123. The number of anilines is 1. The third-order valence-electron chi connectivity index (χ3n) is 3.01. The lowest BCUT2D eigenvalue weighted by Gasteiger charge is -2.26. The van der Waals surface area contributed by atoms with Crippen LogP contribution in [0.1, 0.15) is 60.1 Å². The van der Waals surface area contributed by atoms with E-state index in [-0.39, 0.29) is 17.1 Å². The van der Waals surface area contributed by atoms with Gasteiger partial charge in [0.15, 0.2) is 11.0 Å². The van der Waals surface area contributed by atoms with Crippen molar-refractivity contribution >= 4 is 34.7 Å². The Kier molecular flexibility index (Phi) is 6.43. The maximum atomic E-state index is 12.2. The number of nitrogens with one attached hydrogen (secondary N) is 2. The van der Waals surface area contributed by atoms with Crippen LogP contribution in [-0.4, -0.2) is 25.4 Å². The fraction of sp³-hybridized carbons (Fsp3) is 0.667. The van der Waals surface area contributed by atoms with Crippen LogP contribution < -0.4 is 10.0 Å². The fourth-order valence-electron chi connectivity index (χ4n) is 1.46. The Morgan fingerprint density at radius 3 is 2.30 bits per heavy atom. The van der Waals surface area contributed by atoms with Crippen LogP contribution in [-0.2, 0) is 16.2 Å². The van der Waals surface area contributed by atoms with Crippen molar-refractivity contribution in [2.45, 2.75) is 59.3 Å². The molecule has 0 fully saturated rings. The van der Waals surface area contributed by atoms with E-state index in [9.17, 15) is 9.35 Å². The molecule has 1 aromatic rings. The molecule has 0 aromatic carbocycles. The average molecular weight is 361 g/mol. The first-order valence-electron chi connectivity index (χ1n) is 7.35. The molecule has 0 bridgehead atoms. The summed E-state index contributed by atoms with van der Waals surface area (Å²) in [5.41, 5.74) is 0.0856. The Bertz CT molecular complexity index is 570. The number of rotatable bonds is 4. The van der Waals surface area contributed by atoms with Gasteiger partial charge in [-0.2, -0.15) is 0 Å². The summed E-state index contributed by atoms with van der Waals surface area (Å²) in [7, 11) is 0. The minimum Gasteiger partial charge on any atom is -0.598 e. The number of aromatic nitrogens is 2. The molecule has 2 atom stereocenters. The van der Waals surface area contributed by atoms with Crippen molar-refractivity contribution in [2.24, 2.45) is 5.41 Å². The van der Waals surface area contributed by atoms with Crippen LogP contribution >= 0.6 is 11.6 Å². The first-order chi connectivity index (χ1) is 10.3. The first-order valence-corrected chi connectivity index (χ1v) is 8.88. The molecule has 0 saturated carbocycles. The van der Waals surface area contributed by atoms with Crippen molar-refractivity contribution in [2.75, 3.05) is 5.32 Å². The Morgan fingerprint density at radius 2 is 1.83 bits per heavy atom. The molecule has 0 spiro atoms. The van der Waals surface area contributed by atoms with Gasteiger partial charge in [-0.3, -0.25) is 4.79 Å². The van der Waals surface area contributed by atoms with Crippen LogP contribution in [0, 0.1) is 5.41 Å². The van der Waals surface area contributed by atoms with Gasteiger partial charge in [0.05, 0.1) is 6.04 Å². The van der Waals surface area contributed by atoms with Gasteiger partial charge in [0.25, 0.3) is 0 Å². The fourth-order valence-corrected chi connectivity index (χ4v) is 2.52. The Labute approximate surface area is 146 Å². The first kappa shape index (κ1) is 20.2. The zero-order chi connectivity index (χ0) is 18.0. The third-order valence-corrected chi connectivity index (χ3v) is 4.98. The lowest BCUT2D eigenvalue weighted by atomic mass is 9.96. The second-order valence-electron chi connectivity index (χ2n) is 7.40. The molecule has 1 heterocycles. The summed E-state index contributed by atoms with van der Waals surface area (Å²) < 4.78 is 14.8. The molecule has 1 aromatic heterocycles. The minimum absolute atomic E-state index is 0.168. The normalized spacial score (nSPS) is 15.2. The van der Waals surface area contributed by atoms with E-state index in [0.717, 1.165) is 0 Å². The van der Waals surface area contributed by atoms with E-state index < -0.39 is 21.5 Å². The van der Waals surface area contributed by atoms with Crippen molar-refractivity contribution < 1.29 is 9.35 Å². The van der Waals surface area contributed by atoms with Crippen molar-refractivity contribution in [3.63, 3.8) is 0 Å². The highest BCUT2D eigenvalue weighted by Gasteiger charge is 2.29. The molecule has 0 aliphatic carbocycles. The van der Waals surface area contributed by atoms with Crippen LogP contribution in [0.2, 0.25) is 5.15 Å². The van der Waals surface area contributed by atoms with Gasteiger partial charge in [0.1, 0.15) is 4.75 Å². The second kappa shape index (κ2) is 7.34. The van der Waals surface area contributed by atoms with Gasteiger partial charge in [0, 0.05) is 22.3 Å². The number of carbonyl (C=O) groups is 1. The second-order valence-corrected chi connectivity index (χ2v) is 9.76. The molecule has 6 nitrogen and oxygen atoms in total. The minimum atomic E-state index is -1.25. The maximum Gasteiger partial charge on any atom is 0.230 e. The summed E-state index contributed by atoms with van der Waals surface area (Å²) >= 11 is 4.84. The van der Waals surface area contributed by atoms with E-state index in [1.807, 2.05) is 48.5 Å². The van der Waals surface area contributed by atoms with Crippen molar-refractivity contribution in [1.82, 2.24) is 14.9 Å². The molecule has 23 heavy (non-hydrogen) atoms. The number of halogens is 1. The molecule has 2 N–H and O–H groups in total. The number of carbonyl (C=O) groups excluding carboxylic acids is 1. The molecule has 8 heteroatoms. The van der Waals surface area contributed by atoms with Crippen LogP contribution in [0.25, 0.3) is 0 Å². The number of amides is 1. The lowest BCUT2D eigenvalue weighted by Crippen LogP contribution is -2.40. The molecule has 0 aliphatic rings. The summed E-state index contributed by atoms with van der Waals surface area (Å²) in [6.07, 6.45) is 0. The zero-order valence-corrected chi connectivity index (χ0v) is 16.2. The summed E-state index contributed by atoms with van der Waals surface area (Å²) in [4.78, 5) is 12.0.